The van der Waals surface area contributed by atoms with Crippen molar-refractivity contribution in [2.75, 3.05) is 32.7 Å². The SMILES string of the molecule is CC(CNC(=O)C1CC(=O)N(C2CCCC2)C1)CN1CCCC1. The lowest BCUT2D eigenvalue weighted by molar-refractivity contribution is -0.130. The highest BCUT2D eigenvalue weighted by atomic mass is 16.2. The summed E-state index contributed by atoms with van der Waals surface area (Å²) < 4.78 is 0. The summed E-state index contributed by atoms with van der Waals surface area (Å²) in [6.45, 7) is 7.03. The van der Waals surface area contributed by atoms with Gasteiger partial charge in [0.2, 0.25) is 11.8 Å². The molecule has 5 nitrogen and oxygen atoms in total. The molecular formula is C18H31N3O2. The van der Waals surface area contributed by atoms with Crippen molar-refractivity contribution in [2.45, 2.75) is 57.9 Å². The summed E-state index contributed by atoms with van der Waals surface area (Å²) in [4.78, 5) is 29.0. The summed E-state index contributed by atoms with van der Waals surface area (Å²) in [5.74, 6) is 0.594. The Morgan fingerprint density at radius 1 is 1.22 bits per heavy atom. The monoisotopic (exact) mass is 321 g/mol. The van der Waals surface area contributed by atoms with E-state index in [1.54, 1.807) is 0 Å². The van der Waals surface area contributed by atoms with E-state index in [0.29, 0.717) is 24.9 Å². The average molecular weight is 321 g/mol. The Morgan fingerprint density at radius 2 is 1.91 bits per heavy atom. The molecule has 2 saturated heterocycles. The molecule has 3 rings (SSSR count). The molecule has 0 radical (unpaired) electrons. The van der Waals surface area contributed by atoms with E-state index in [0.717, 1.165) is 25.9 Å². The van der Waals surface area contributed by atoms with Crippen molar-refractivity contribution in [3.05, 3.63) is 0 Å². The first-order valence-corrected chi connectivity index (χ1v) is 9.43. The van der Waals surface area contributed by atoms with Crippen molar-refractivity contribution in [3.8, 4) is 0 Å². The van der Waals surface area contributed by atoms with Gasteiger partial charge >= 0.3 is 0 Å². The Kier molecular flexibility index (Phi) is 5.57. The van der Waals surface area contributed by atoms with Gasteiger partial charge in [-0.25, -0.2) is 0 Å². The van der Waals surface area contributed by atoms with Crippen molar-refractivity contribution in [3.63, 3.8) is 0 Å². The predicted molar refractivity (Wildman–Crippen MR) is 89.9 cm³/mol. The fraction of sp³-hybridized carbons (Fsp3) is 0.889. The fourth-order valence-electron chi connectivity index (χ4n) is 4.37. The standard InChI is InChI=1S/C18H31N3O2/c1-14(12-20-8-4-5-9-20)11-19-18(23)15-10-17(22)21(13-15)16-6-2-3-7-16/h14-16H,2-13H2,1H3,(H,19,23). The van der Waals surface area contributed by atoms with E-state index in [4.69, 9.17) is 0 Å². The molecule has 3 fully saturated rings. The zero-order valence-corrected chi connectivity index (χ0v) is 14.4. The third kappa shape index (κ3) is 4.25. The zero-order valence-electron chi connectivity index (χ0n) is 14.4. The highest BCUT2D eigenvalue weighted by molar-refractivity contribution is 5.89. The number of hydrogen-bond acceptors (Lipinski definition) is 3. The molecule has 130 valence electrons. The second kappa shape index (κ2) is 7.65. The van der Waals surface area contributed by atoms with Crippen LogP contribution in [0.1, 0.15) is 51.9 Å². The van der Waals surface area contributed by atoms with Gasteiger partial charge in [0.1, 0.15) is 0 Å². The maximum atomic E-state index is 12.4. The number of likely N-dealkylation sites (tertiary alicyclic amines) is 2. The number of nitrogens with zero attached hydrogens (tertiary/aromatic N) is 2. The lowest BCUT2D eigenvalue weighted by Gasteiger charge is -2.24. The lowest BCUT2D eigenvalue weighted by atomic mass is 10.1. The van der Waals surface area contributed by atoms with Gasteiger partial charge in [-0.05, 0) is 44.7 Å². The van der Waals surface area contributed by atoms with E-state index in [2.05, 4.69) is 17.1 Å². The number of carbonyl (C=O) groups excluding carboxylic acids is 2. The van der Waals surface area contributed by atoms with E-state index < -0.39 is 0 Å². The third-order valence-electron chi connectivity index (χ3n) is 5.69. The number of amides is 2. The number of rotatable bonds is 6. The van der Waals surface area contributed by atoms with Crippen LogP contribution in [0.5, 0.6) is 0 Å². The van der Waals surface area contributed by atoms with Crippen LogP contribution < -0.4 is 5.32 Å². The molecule has 3 aliphatic rings. The van der Waals surface area contributed by atoms with Gasteiger partial charge in [-0.3, -0.25) is 9.59 Å². The molecule has 0 aromatic heterocycles. The fourth-order valence-corrected chi connectivity index (χ4v) is 4.37. The van der Waals surface area contributed by atoms with Crippen molar-refractivity contribution < 1.29 is 9.59 Å². The molecule has 2 amide bonds. The minimum Gasteiger partial charge on any atom is -0.355 e. The van der Waals surface area contributed by atoms with Gasteiger partial charge in [-0.1, -0.05) is 19.8 Å². The van der Waals surface area contributed by atoms with Crippen LogP contribution in [-0.2, 0) is 9.59 Å². The maximum Gasteiger partial charge on any atom is 0.225 e. The van der Waals surface area contributed by atoms with Gasteiger partial charge in [0, 0.05) is 32.1 Å². The Hall–Kier alpha value is -1.10. The second-order valence-corrected chi connectivity index (χ2v) is 7.74. The minimum absolute atomic E-state index is 0.0760. The number of nitrogens with one attached hydrogen (secondary N) is 1. The molecule has 23 heavy (non-hydrogen) atoms. The summed E-state index contributed by atoms with van der Waals surface area (Å²) in [5.41, 5.74) is 0. The first kappa shape index (κ1) is 16.7. The topological polar surface area (TPSA) is 52.7 Å². The van der Waals surface area contributed by atoms with Crippen molar-refractivity contribution in [1.82, 2.24) is 15.1 Å². The molecule has 0 bridgehead atoms. The smallest absolute Gasteiger partial charge is 0.225 e. The number of carbonyl (C=O) groups is 2. The summed E-state index contributed by atoms with van der Waals surface area (Å²) in [6.07, 6.45) is 7.70. The van der Waals surface area contributed by atoms with Gasteiger partial charge in [-0.15, -0.1) is 0 Å². The molecule has 2 atom stereocenters. The van der Waals surface area contributed by atoms with Crippen LogP contribution in [0.15, 0.2) is 0 Å². The molecule has 2 aliphatic heterocycles. The normalized spacial score (nSPS) is 27.8. The Balaban J connectivity index is 1.40. The Morgan fingerprint density at radius 3 is 2.61 bits per heavy atom. The van der Waals surface area contributed by atoms with Gasteiger partial charge in [-0.2, -0.15) is 0 Å². The summed E-state index contributed by atoms with van der Waals surface area (Å²) in [5, 5.41) is 3.09. The van der Waals surface area contributed by atoms with E-state index in [1.165, 1.54) is 38.8 Å². The second-order valence-electron chi connectivity index (χ2n) is 7.74. The van der Waals surface area contributed by atoms with Gasteiger partial charge < -0.3 is 15.1 Å². The molecular weight excluding hydrogens is 290 g/mol. The summed E-state index contributed by atoms with van der Waals surface area (Å²) in [6, 6.07) is 0.398. The van der Waals surface area contributed by atoms with E-state index in [-0.39, 0.29) is 17.7 Å². The van der Waals surface area contributed by atoms with Crippen LogP contribution in [0.3, 0.4) is 0 Å². The van der Waals surface area contributed by atoms with Gasteiger partial charge in [0.05, 0.1) is 5.92 Å². The Bertz CT molecular complexity index is 428. The Labute approximate surface area is 139 Å². The van der Waals surface area contributed by atoms with Crippen LogP contribution in [0, 0.1) is 11.8 Å². The van der Waals surface area contributed by atoms with Crippen molar-refractivity contribution in [1.29, 1.82) is 0 Å². The van der Waals surface area contributed by atoms with Crippen LogP contribution >= 0.6 is 0 Å². The highest BCUT2D eigenvalue weighted by Gasteiger charge is 2.38. The molecule has 2 heterocycles. The maximum absolute atomic E-state index is 12.4. The lowest BCUT2D eigenvalue weighted by Crippen LogP contribution is -2.39. The minimum atomic E-state index is -0.137. The van der Waals surface area contributed by atoms with Crippen molar-refractivity contribution >= 4 is 11.8 Å². The predicted octanol–water partition coefficient (Wildman–Crippen LogP) is 1.63. The molecule has 0 aromatic carbocycles. The van der Waals surface area contributed by atoms with E-state index >= 15 is 0 Å². The quantitative estimate of drug-likeness (QED) is 0.809. The van der Waals surface area contributed by atoms with Crippen LogP contribution in [0.25, 0.3) is 0 Å². The van der Waals surface area contributed by atoms with Crippen LogP contribution in [-0.4, -0.2) is 60.4 Å². The average Bonchev–Trinajstić information content (AvgIpc) is 3.25. The van der Waals surface area contributed by atoms with Gasteiger partial charge in [0.25, 0.3) is 0 Å². The molecule has 0 aromatic rings. The first-order valence-electron chi connectivity index (χ1n) is 9.43. The zero-order chi connectivity index (χ0) is 16.2. The summed E-state index contributed by atoms with van der Waals surface area (Å²) >= 11 is 0. The molecule has 5 heteroatoms. The molecule has 1 saturated carbocycles. The third-order valence-corrected chi connectivity index (χ3v) is 5.69. The molecule has 1 N–H and O–H groups in total. The van der Waals surface area contributed by atoms with Crippen LogP contribution in [0.2, 0.25) is 0 Å². The molecule has 0 spiro atoms. The van der Waals surface area contributed by atoms with E-state index in [9.17, 15) is 9.59 Å². The van der Waals surface area contributed by atoms with Crippen LogP contribution in [0.4, 0.5) is 0 Å². The highest BCUT2D eigenvalue weighted by Crippen LogP contribution is 2.29. The number of hydrogen-bond donors (Lipinski definition) is 1. The van der Waals surface area contributed by atoms with E-state index in [1.807, 2.05) is 4.90 Å². The largest absolute Gasteiger partial charge is 0.355 e. The molecule has 2 unspecified atom stereocenters. The van der Waals surface area contributed by atoms with Crippen molar-refractivity contribution in [2.24, 2.45) is 11.8 Å². The molecule has 1 aliphatic carbocycles. The summed E-state index contributed by atoms with van der Waals surface area (Å²) in [7, 11) is 0. The van der Waals surface area contributed by atoms with Gasteiger partial charge in [0.15, 0.2) is 0 Å². The first-order chi connectivity index (χ1) is 11.1.